The molecule has 0 spiro atoms. The average molecular weight is 469 g/mol. The van der Waals surface area contributed by atoms with Crippen molar-refractivity contribution in [3.8, 4) is 11.3 Å². The Morgan fingerprint density at radius 3 is 2.59 bits per heavy atom. The van der Waals surface area contributed by atoms with Crippen LogP contribution in [0.2, 0.25) is 0 Å². The molecule has 2 aromatic carbocycles. The van der Waals surface area contributed by atoms with Crippen LogP contribution in [0.1, 0.15) is 5.56 Å². The van der Waals surface area contributed by atoms with E-state index in [1.165, 1.54) is 16.8 Å². The van der Waals surface area contributed by atoms with Crippen molar-refractivity contribution < 1.29 is 18.3 Å². The minimum atomic E-state index is -0.729. The maximum atomic E-state index is 13.6. The lowest BCUT2D eigenvalue weighted by Crippen LogP contribution is -2.44. The van der Waals surface area contributed by atoms with Gasteiger partial charge in [0.25, 0.3) is 5.56 Å². The van der Waals surface area contributed by atoms with Crippen molar-refractivity contribution in [2.45, 2.75) is 6.54 Å². The number of carbonyl (C=O) groups excluding carboxylic acids is 1. The molecular weight excluding hydrogens is 444 g/mol. The Bertz CT molecular complexity index is 1190. The Morgan fingerprint density at radius 1 is 1.06 bits per heavy atom. The molecule has 0 saturated carbocycles. The van der Waals surface area contributed by atoms with Crippen molar-refractivity contribution >= 4 is 11.8 Å². The molecule has 3 aromatic rings. The third-order valence-corrected chi connectivity index (χ3v) is 5.38. The summed E-state index contributed by atoms with van der Waals surface area (Å²) in [6.45, 7) is 4.79. The molecule has 1 aliphatic rings. The lowest BCUT2D eigenvalue weighted by atomic mass is 10.1. The zero-order chi connectivity index (χ0) is 23.9. The van der Waals surface area contributed by atoms with Crippen LogP contribution in [-0.2, 0) is 11.3 Å². The molecule has 1 amide bonds. The predicted molar refractivity (Wildman–Crippen MR) is 124 cm³/mol. The number of anilines is 1. The first-order valence-electron chi connectivity index (χ1n) is 11.0. The highest BCUT2D eigenvalue weighted by Gasteiger charge is 2.11. The maximum absolute atomic E-state index is 13.6. The highest BCUT2D eigenvalue weighted by Crippen LogP contribution is 2.19. The summed E-state index contributed by atoms with van der Waals surface area (Å²) in [5, 5.41) is 10.2. The number of ether oxygens (including phenoxy) is 1. The number of hydrogen-bond donors (Lipinski definition) is 2. The topological polar surface area (TPSA) is 88.5 Å². The van der Waals surface area contributed by atoms with E-state index in [9.17, 15) is 18.4 Å². The molecule has 2 heterocycles. The molecule has 1 saturated heterocycles. The zero-order valence-corrected chi connectivity index (χ0v) is 18.5. The van der Waals surface area contributed by atoms with E-state index in [2.05, 4.69) is 20.6 Å². The molecule has 0 atom stereocenters. The molecule has 0 radical (unpaired) electrons. The summed E-state index contributed by atoms with van der Waals surface area (Å²) in [4.78, 5) is 26.7. The van der Waals surface area contributed by atoms with Gasteiger partial charge in [-0.2, -0.15) is 5.10 Å². The molecule has 10 heteroatoms. The fourth-order valence-corrected chi connectivity index (χ4v) is 3.69. The number of benzene rings is 2. The number of halogens is 2. The largest absolute Gasteiger partial charge is 0.448 e. The van der Waals surface area contributed by atoms with Crippen LogP contribution in [-0.4, -0.2) is 60.1 Å². The van der Waals surface area contributed by atoms with Gasteiger partial charge in [0.2, 0.25) is 0 Å². The number of nitrogens with one attached hydrogen (secondary N) is 2. The molecule has 34 heavy (non-hydrogen) atoms. The Balaban J connectivity index is 1.39. The fourth-order valence-electron chi connectivity index (χ4n) is 3.69. The second-order valence-corrected chi connectivity index (χ2v) is 7.93. The maximum Gasteiger partial charge on any atom is 0.411 e. The summed E-state index contributed by atoms with van der Waals surface area (Å²) in [6, 6.07) is 12.7. The lowest BCUT2D eigenvalue weighted by Gasteiger charge is -2.26. The van der Waals surface area contributed by atoms with Gasteiger partial charge in [-0.3, -0.25) is 15.0 Å². The third-order valence-electron chi connectivity index (χ3n) is 5.38. The smallest absolute Gasteiger partial charge is 0.411 e. The van der Waals surface area contributed by atoms with E-state index in [1.807, 2.05) is 0 Å². The summed E-state index contributed by atoms with van der Waals surface area (Å²) >= 11 is 0. The van der Waals surface area contributed by atoms with Gasteiger partial charge >= 0.3 is 6.09 Å². The van der Waals surface area contributed by atoms with Gasteiger partial charge in [-0.25, -0.2) is 18.3 Å². The van der Waals surface area contributed by atoms with Crippen LogP contribution in [0.4, 0.5) is 19.3 Å². The number of piperazine rings is 1. The molecular formula is C24H25F2N5O3. The highest BCUT2D eigenvalue weighted by molar-refractivity contribution is 5.84. The third kappa shape index (κ3) is 6.46. The average Bonchev–Trinajstić information content (AvgIpc) is 2.81. The molecule has 1 aromatic heterocycles. The van der Waals surface area contributed by atoms with E-state index in [0.29, 0.717) is 17.8 Å². The van der Waals surface area contributed by atoms with Crippen molar-refractivity contribution in [2.75, 3.05) is 44.6 Å². The van der Waals surface area contributed by atoms with Crippen LogP contribution in [0.25, 0.3) is 11.3 Å². The first-order chi connectivity index (χ1) is 16.5. The van der Waals surface area contributed by atoms with Crippen molar-refractivity contribution in [2.24, 2.45) is 0 Å². The minimum Gasteiger partial charge on any atom is -0.448 e. The first-order valence-corrected chi connectivity index (χ1v) is 11.0. The van der Waals surface area contributed by atoms with Gasteiger partial charge in [-0.05, 0) is 35.9 Å². The van der Waals surface area contributed by atoms with Crippen LogP contribution >= 0.6 is 0 Å². The first kappa shape index (κ1) is 23.5. The minimum absolute atomic E-state index is 0.109. The Morgan fingerprint density at radius 2 is 1.82 bits per heavy atom. The monoisotopic (exact) mass is 469 g/mol. The van der Waals surface area contributed by atoms with Gasteiger partial charge in [-0.15, -0.1) is 0 Å². The van der Waals surface area contributed by atoms with Gasteiger partial charge in [0, 0.05) is 56.1 Å². The van der Waals surface area contributed by atoms with E-state index in [-0.39, 0.29) is 30.0 Å². The quantitative estimate of drug-likeness (QED) is 0.553. The van der Waals surface area contributed by atoms with Crippen LogP contribution < -0.4 is 16.2 Å². The summed E-state index contributed by atoms with van der Waals surface area (Å²) in [5.74, 6) is -1.46. The van der Waals surface area contributed by atoms with Gasteiger partial charge in [0.1, 0.15) is 18.2 Å². The number of hydrogen-bond acceptors (Lipinski definition) is 6. The number of carbonyl (C=O) groups is 1. The molecule has 8 nitrogen and oxygen atoms in total. The molecule has 2 N–H and O–H groups in total. The number of aromatic nitrogens is 2. The molecule has 0 unspecified atom stereocenters. The van der Waals surface area contributed by atoms with E-state index in [1.54, 1.807) is 24.3 Å². The molecule has 178 valence electrons. The molecule has 4 rings (SSSR count). The van der Waals surface area contributed by atoms with Gasteiger partial charge in [0.15, 0.2) is 0 Å². The molecule has 1 fully saturated rings. The van der Waals surface area contributed by atoms with Crippen LogP contribution in [0, 0.1) is 11.6 Å². The van der Waals surface area contributed by atoms with Crippen molar-refractivity contribution in [3.63, 3.8) is 0 Å². The molecule has 0 aliphatic carbocycles. The molecule has 1 aliphatic heterocycles. The second-order valence-electron chi connectivity index (χ2n) is 7.93. The normalized spacial score (nSPS) is 14.1. The zero-order valence-electron chi connectivity index (χ0n) is 18.5. The summed E-state index contributed by atoms with van der Waals surface area (Å²) in [7, 11) is 0. The standard InChI is InChI=1S/C24H25F2N5O3/c25-19-13-18(14-20(26)15-19)22-4-5-23(32)31(29-22)16-17-2-1-3-21(12-17)28-24(33)34-11-10-30-8-6-27-7-9-30/h1-5,12-15,27H,6-11,16H2,(H,28,33). The number of rotatable bonds is 7. The summed E-state index contributed by atoms with van der Waals surface area (Å²) < 4.78 is 33.6. The van der Waals surface area contributed by atoms with E-state index < -0.39 is 17.7 Å². The van der Waals surface area contributed by atoms with Gasteiger partial charge < -0.3 is 10.1 Å². The van der Waals surface area contributed by atoms with Crippen LogP contribution in [0.5, 0.6) is 0 Å². The fraction of sp³-hybridized carbons (Fsp3) is 0.292. The van der Waals surface area contributed by atoms with Crippen LogP contribution in [0.3, 0.4) is 0 Å². The van der Waals surface area contributed by atoms with E-state index in [0.717, 1.165) is 44.4 Å². The van der Waals surface area contributed by atoms with Gasteiger partial charge in [-0.1, -0.05) is 12.1 Å². The highest BCUT2D eigenvalue weighted by atomic mass is 19.1. The Hall–Kier alpha value is -3.63. The van der Waals surface area contributed by atoms with Crippen molar-refractivity contribution in [1.29, 1.82) is 0 Å². The van der Waals surface area contributed by atoms with Gasteiger partial charge in [0.05, 0.1) is 12.2 Å². The Kier molecular flexibility index (Phi) is 7.61. The number of nitrogens with zero attached hydrogens (tertiary/aromatic N) is 3. The Labute approximate surface area is 195 Å². The van der Waals surface area contributed by atoms with E-state index >= 15 is 0 Å². The number of amides is 1. The van der Waals surface area contributed by atoms with Crippen LogP contribution in [0.15, 0.2) is 59.4 Å². The summed E-state index contributed by atoms with van der Waals surface area (Å²) in [6.07, 6.45) is -0.558. The van der Waals surface area contributed by atoms with Crippen molar-refractivity contribution in [3.05, 3.63) is 82.1 Å². The lowest BCUT2D eigenvalue weighted by molar-refractivity contribution is 0.134. The summed E-state index contributed by atoms with van der Waals surface area (Å²) in [5.41, 5.74) is 1.34. The SMILES string of the molecule is O=C(Nc1cccc(Cn2nc(-c3cc(F)cc(F)c3)ccc2=O)c1)OCCN1CCNCC1. The van der Waals surface area contributed by atoms with E-state index in [4.69, 9.17) is 4.74 Å². The second kappa shape index (κ2) is 11.0. The molecule has 0 bridgehead atoms. The van der Waals surface area contributed by atoms with Crippen molar-refractivity contribution in [1.82, 2.24) is 20.0 Å². The predicted octanol–water partition coefficient (Wildman–Crippen LogP) is 2.69.